The first-order chi connectivity index (χ1) is 16.0. The molecule has 0 spiro atoms. The number of fused-ring (bicyclic) bond motifs is 2. The summed E-state index contributed by atoms with van der Waals surface area (Å²) >= 11 is 13.6. The summed E-state index contributed by atoms with van der Waals surface area (Å²) in [7, 11) is 0. The molecule has 0 saturated carbocycles. The van der Waals surface area contributed by atoms with Crippen molar-refractivity contribution in [1.29, 1.82) is 0 Å². The summed E-state index contributed by atoms with van der Waals surface area (Å²) < 4.78 is 0.754. The number of hydrogen-bond acceptors (Lipinski definition) is 7. The first-order valence-corrected chi connectivity index (χ1v) is 11.5. The number of carbonyl (C=O) groups excluding carboxylic acids is 1. The van der Waals surface area contributed by atoms with Crippen LogP contribution in [-0.4, -0.2) is 20.9 Å². The Morgan fingerprint density at radius 3 is 2.61 bits per heavy atom. The van der Waals surface area contributed by atoms with Gasteiger partial charge in [0.25, 0.3) is 5.91 Å². The molecular formula is C23H16Cl2N6OS. The van der Waals surface area contributed by atoms with Gasteiger partial charge in [-0.25, -0.2) is 15.0 Å². The number of rotatable bonds is 5. The maximum Gasteiger partial charge on any atom is 0.294 e. The van der Waals surface area contributed by atoms with E-state index >= 15 is 0 Å². The highest BCUT2D eigenvalue weighted by Crippen LogP contribution is 2.26. The third-order valence-electron chi connectivity index (χ3n) is 4.92. The van der Waals surface area contributed by atoms with Gasteiger partial charge in [0.05, 0.1) is 22.5 Å². The number of hydrogen-bond donors (Lipinski definition) is 3. The lowest BCUT2D eigenvalue weighted by molar-refractivity contribution is 0.101. The number of nitrogens with one attached hydrogen (secondary N) is 2. The molecule has 4 N–H and O–H groups in total. The Labute approximate surface area is 202 Å². The number of pyridine rings is 1. The standard InChI is InChI=1S/C23H16Cl2N6OS/c24-13-8-14(25)10-15(9-13)27-11-18-16-4-2-1-3-12(16)7-19(28-18)30-23(32)22-29-17-5-6-33-20(17)21(26)31-22/h1-10,27H,11H2,(H2,26,29,31)(H,28,30,32). The zero-order valence-electron chi connectivity index (χ0n) is 17.0. The van der Waals surface area contributed by atoms with E-state index in [1.54, 1.807) is 30.3 Å². The number of nitrogens with zero attached hydrogens (tertiary/aromatic N) is 3. The van der Waals surface area contributed by atoms with Crippen LogP contribution in [0.2, 0.25) is 10.0 Å². The summed E-state index contributed by atoms with van der Waals surface area (Å²) in [6.45, 7) is 0.394. The van der Waals surface area contributed by atoms with Gasteiger partial charge in [0, 0.05) is 21.1 Å². The molecule has 5 rings (SSSR count). The van der Waals surface area contributed by atoms with Crippen LogP contribution >= 0.6 is 34.5 Å². The average molecular weight is 495 g/mol. The van der Waals surface area contributed by atoms with Gasteiger partial charge in [-0.2, -0.15) is 0 Å². The summed E-state index contributed by atoms with van der Waals surface area (Å²) in [5, 5.41) is 10.9. The predicted octanol–water partition coefficient (Wildman–Crippen LogP) is 5.99. The second kappa shape index (κ2) is 8.82. The fourth-order valence-electron chi connectivity index (χ4n) is 3.47. The van der Waals surface area contributed by atoms with Crippen molar-refractivity contribution >= 4 is 78.8 Å². The van der Waals surface area contributed by atoms with Crippen molar-refractivity contribution < 1.29 is 4.79 Å². The van der Waals surface area contributed by atoms with Gasteiger partial charge in [-0.3, -0.25) is 4.79 Å². The molecule has 33 heavy (non-hydrogen) atoms. The number of amides is 1. The molecule has 0 aliphatic carbocycles. The number of nitrogens with two attached hydrogens (primary N) is 1. The molecule has 3 aromatic heterocycles. The van der Waals surface area contributed by atoms with Gasteiger partial charge < -0.3 is 16.4 Å². The second-order valence-corrected chi connectivity index (χ2v) is 9.00. The van der Waals surface area contributed by atoms with E-state index in [4.69, 9.17) is 28.9 Å². The summed E-state index contributed by atoms with van der Waals surface area (Å²) in [4.78, 5) is 26.0. The molecule has 164 valence electrons. The summed E-state index contributed by atoms with van der Waals surface area (Å²) in [6, 6.07) is 16.6. The van der Waals surface area contributed by atoms with Crippen molar-refractivity contribution in [3.8, 4) is 0 Å². The highest BCUT2D eigenvalue weighted by molar-refractivity contribution is 7.17. The molecule has 0 fully saturated rings. The number of thiophene rings is 1. The lowest BCUT2D eigenvalue weighted by Crippen LogP contribution is -2.18. The van der Waals surface area contributed by atoms with Gasteiger partial charge >= 0.3 is 0 Å². The Kier molecular flexibility index (Phi) is 5.72. The highest BCUT2D eigenvalue weighted by atomic mass is 35.5. The zero-order chi connectivity index (χ0) is 22.9. The largest absolute Gasteiger partial charge is 0.382 e. The number of aromatic nitrogens is 3. The summed E-state index contributed by atoms with van der Waals surface area (Å²) in [5.74, 6) is 0.156. The molecular weight excluding hydrogens is 479 g/mol. The third kappa shape index (κ3) is 4.54. The smallest absolute Gasteiger partial charge is 0.294 e. The molecule has 0 atom stereocenters. The topological polar surface area (TPSA) is 106 Å². The minimum absolute atomic E-state index is 0.0124. The lowest BCUT2D eigenvalue weighted by atomic mass is 10.1. The van der Waals surface area contributed by atoms with Crippen molar-refractivity contribution in [2.75, 3.05) is 16.4 Å². The third-order valence-corrected chi connectivity index (χ3v) is 6.28. The van der Waals surface area contributed by atoms with Crippen molar-refractivity contribution in [1.82, 2.24) is 15.0 Å². The maximum absolute atomic E-state index is 12.9. The van der Waals surface area contributed by atoms with Crippen LogP contribution < -0.4 is 16.4 Å². The van der Waals surface area contributed by atoms with Crippen LogP contribution in [0.15, 0.2) is 60.0 Å². The fourth-order valence-corrected chi connectivity index (χ4v) is 4.73. The van der Waals surface area contributed by atoms with Gasteiger partial charge in [-0.05, 0) is 41.1 Å². The summed E-state index contributed by atoms with van der Waals surface area (Å²) in [6.07, 6.45) is 0. The summed E-state index contributed by atoms with van der Waals surface area (Å²) in [5.41, 5.74) is 8.13. The van der Waals surface area contributed by atoms with Gasteiger partial charge in [0.2, 0.25) is 5.82 Å². The molecule has 7 nitrogen and oxygen atoms in total. The molecule has 1 amide bonds. The van der Waals surface area contributed by atoms with Crippen LogP contribution in [0.5, 0.6) is 0 Å². The van der Waals surface area contributed by atoms with Gasteiger partial charge in [0.1, 0.15) is 11.6 Å². The number of nitrogen functional groups attached to an aromatic ring is 1. The van der Waals surface area contributed by atoms with E-state index in [1.165, 1.54) is 11.3 Å². The second-order valence-electron chi connectivity index (χ2n) is 7.21. The van der Waals surface area contributed by atoms with Gasteiger partial charge in [-0.15, -0.1) is 11.3 Å². The van der Waals surface area contributed by atoms with E-state index in [1.807, 2.05) is 29.6 Å². The zero-order valence-corrected chi connectivity index (χ0v) is 19.3. The van der Waals surface area contributed by atoms with Crippen molar-refractivity contribution in [3.05, 3.63) is 81.5 Å². The first-order valence-electron chi connectivity index (χ1n) is 9.87. The van der Waals surface area contributed by atoms with Crippen molar-refractivity contribution in [3.63, 3.8) is 0 Å². The molecule has 0 saturated heterocycles. The van der Waals surface area contributed by atoms with Crippen LogP contribution in [0.4, 0.5) is 17.3 Å². The fraction of sp³-hybridized carbons (Fsp3) is 0.0435. The van der Waals surface area contributed by atoms with Crippen molar-refractivity contribution in [2.45, 2.75) is 6.54 Å². The molecule has 0 bridgehead atoms. The molecule has 5 aromatic rings. The molecule has 0 aliphatic rings. The Morgan fingerprint density at radius 2 is 1.79 bits per heavy atom. The number of carbonyl (C=O) groups is 1. The minimum atomic E-state index is -0.488. The minimum Gasteiger partial charge on any atom is -0.382 e. The molecule has 2 aromatic carbocycles. The lowest BCUT2D eigenvalue weighted by Gasteiger charge is -2.12. The van der Waals surface area contributed by atoms with Crippen LogP contribution in [0.1, 0.15) is 16.3 Å². The number of anilines is 3. The normalized spacial score (nSPS) is 11.1. The Balaban J connectivity index is 1.45. The molecule has 0 aliphatic heterocycles. The first kappa shape index (κ1) is 21.4. The van der Waals surface area contributed by atoms with Crippen LogP contribution in [0, 0.1) is 0 Å². The van der Waals surface area contributed by atoms with E-state index in [2.05, 4.69) is 25.6 Å². The van der Waals surface area contributed by atoms with Gasteiger partial charge in [0.15, 0.2) is 0 Å². The molecule has 10 heteroatoms. The Hall–Kier alpha value is -3.46. The molecule has 0 unspecified atom stereocenters. The van der Waals surface area contributed by atoms with E-state index in [-0.39, 0.29) is 11.6 Å². The predicted molar refractivity (Wildman–Crippen MR) is 135 cm³/mol. The van der Waals surface area contributed by atoms with Crippen LogP contribution in [-0.2, 0) is 6.54 Å². The highest BCUT2D eigenvalue weighted by Gasteiger charge is 2.16. The number of benzene rings is 2. The van der Waals surface area contributed by atoms with Crippen LogP contribution in [0.3, 0.4) is 0 Å². The SMILES string of the molecule is Nc1nc(C(=O)Nc2cc3ccccc3c(CNc3cc(Cl)cc(Cl)c3)n2)nc2ccsc12. The molecule has 3 heterocycles. The van der Waals surface area contributed by atoms with Crippen molar-refractivity contribution in [2.24, 2.45) is 0 Å². The maximum atomic E-state index is 12.9. The quantitative estimate of drug-likeness (QED) is 0.277. The monoisotopic (exact) mass is 494 g/mol. The Bertz CT molecular complexity index is 1500. The van der Waals surface area contributed by atoms with E-state index in [0.717, 1.165) is 26.9 Å². The van der Waals surface area contributed by atoms with E-state index in [0.29, 0.717) is 27.9 Å². The van der Waals surface area contributed by atoms with Gasteiger partial charge in [-0.1, -0.05) is 47.5 Å². The Morgan fingerprint density at radius 1 is 1.00 bits per heavy atom. The van der Waals surface area contributed by atoms with E-state index in [9.17, 15) is 4.79 Å². The number of halogens is 2. The van der Waals surface area contributed by atoms with E-state index < -0.39 is 5.91 Å². The average Bonchev–Trinajstić information content (AvgIpc) is 3.26. The van der Waals surface area contributed by atoms with Crippen LogP contribution in [0.25, 0.3) is 21.0 Å². The molecule has 0 radical (unpaired) electrons.